The van der Waals surface area contributed by atoms with Crippen LogP contribution < -0.4 is 0 Å². The van der Waals surface area contributed by atoms with Crippen LogP contribution in [-0.2, 0) is 9.53 Å². The lowest BCUT2D eigenvalue weighted by molar-refractivity contribution is -0.142. The third kappa shape index (κ3) is 4.81. The number of aromatic nitrogens is 2. The molecule has 5 heteroatoms. The first-order valence-electron chi connectivity index (χ1n) is 11.5. The molecule has 0 bridgehead atoms. The summed E-state index contributed by atoms with van der Waals surface area (Å²) in [5.74, 6) is 1.81. The molecule has 0 unspecified atom stereocenters. The second-order valence-electron chi connectivity index (χ2n) is 8.94. The fourth-order valence-corrected chi connectivity index (χ4v) is 5.08. The summed E-state index contributed by atoms with van der Waals surface area (Å²) >= 11 is 6.09. The minimum atomic E-state index is -0.0847. The molecule has 1 aliphatic carbocycles. The summed E-state index contributed by atoms with van der Waals surface area (Å²) < 4.78 is 4.82. The van der Waals surface area contributed by atoms with Crippen molar-refractivity contribution in [1.29, 1.82) is 0 Å². The number of hydrogen-bond acceptors (Lipinski definition) is 3. The molecule has 5 rings (SSSR count). The molecular formula is C28H27ClN2O2. The van der Waals surface area contributed by atoms with Crippen LogP contribution in [0.15, 0.2) is 66.7 Å². The summed E-state index contributed by atoms with van der Waals surface area (Å²) in [7, 11) is 1.47. The molecule has 1 saturated carbocycles. The number of fused-ring (bicyclic) bond motifs is 1. The van der Waals surface area contributed by atoms with E-state index in [-0.39, 0.29) is 5.97 Å². The predicted octanol–water partition coefficient (Wildman–Crippen LogP) is 7.39. The van der Waals surface area contributed by atoms with Crippen LogP contribution in [0, 0.1) is 5.92 Å². The largest absolute Gasteiger partial charge is 0.469 e. The number of carbonyl (C=O) groups excluding carboxylic acids is 1. The van der Waals surface area contributed by atoms with Crippen LogP contribution in [0.2, 0.25) is 5.02 Å². The van der Waals surface area contributed by atoms with Crippen LogP contribution in [0.3, 0.4) is 0 Å². The highest BCUT2D eigenvalue weighted by Crippen LogP contribution is 2.38. The van der Waals surface area contributed by atoms with E-state index >= 15 is 0 Å². The van der Waals surface area contributed by atoms with Gasteiger partial charge in [-0.1, -0.05) is 60.1 Å². The molecule has 1 N–H and O–H groups in total. The molecular weight excluding hydrogens is 432 g/mol. The number of carbonyl (C=O) groups is 1. The molecule has 3 aromatic carbocycles. The second-order valence-corrected chi connectivity index (χ2v) is 9.38. The SMILES string of the molecule is COC(=O)CC1CCC(c2ccc(-c3ccc(-c4nc5ccc(Cl)cc5[nH]4)cc3)cc2)CC1. The maximum atomic E-state index is 11.5. The maximum absolute atomic E-state index is 11.5. The van der Waals surface area contributed by atoms with E-state index in [0.29, 0.717) is 23.3 Å². The van der Waals surface area contributed by atoms with Gasteiger partial charge in [-0.15, -0.1) is 0 Å². The van der Waals surface area contributed by atoms with E-state index in [4.69, 9.17) is 16.3 Å². The van der Waals surface area contributed by atoms with E-state index in [1.807, 2.05) is 18.2 Å². The van der Waals surface area contributed by atoms with Crippen LogP contribution in [0.5, 0.6) is 0 Å². The van der Waals surface area contributed by atoms with Crippen molar-refractivity contribution >= 4 is 28.6 Å². The lowest BCUT2D eigenvalue weighted by atomic mass is 9.77. The fraction of sp³-hybridized carbons (Fsp3) is 0.286. The van der Waals surface area contributed by atoms with Gasteiger partial charge in [-0.25, -0.2) is 4.98 Å². The Hall–Kier alpha value is -3.11. The van der Waals surface area contributed by atoms with Gasteiger partial charge in [0.1, 0.15) is 5.82 Å². The Morgan fingerprint density at radius 1 is 0.939 bits per heavy atom. The fourth-order valence-electron chi connectivity index (χ4n) is 4.91. The number of rotatable bonds is 5. The van der Waals surface area contributed by atoms with Gasteiger partial charge in [-0.05, 0) is 72.4 Å². The third-order valence-corrected chi connectivity index (χ3v) is 7.08. The summed E-state index contributed by atoms with van der Waals surface area (Å²) in [6, 6.07) is 23.1. The number of imidazole rings is 1. The molecule has 0 spiro atoms. The number of methoxy groups -OCH3 is 1. The first kappa shape index (κ1) is 21.7. The number of esters is 1. The standard InChI is InChI=1S/C28H27ClN2O2/c1-33-27(32)16-18-2-4-19(5-3-18)20-6-8-21(9-7-20)22-10-12-23(13-11-22)28-30-25-15-14-24(29)17-26(25)31-28/h6-15,17-19H,2-5,16H2,1H3,(H,30,31). The number of halogens is 1. The van der Waals surface area contributed by atoms with E-state index < -0.39 is 0 Å². The van der Waals surface area contributed by atoms with E-state index in [9.17, 15) is 4.79 Å². The molecule has 33 heavy (non-hydrogen) atoms. The lowest BCUT2D eigenvalue weighted by Gasteiger charge is -2.28. The monoisotopic (exact) mass is 458 g/mol. The molecule has 0 amide bonds. The number of hydrogen-bond donors (Lipinski definition) is 1. The van der Waals surface area contributed by atoms with Crippen molar-refractivity contribution in [1.82, 2.24) is 9.97 Å². The molecule has 168 valence electrons. The average molecular weight is 459 g/mol. The Kier molecular flexibility index (Phi) is 6.19. The molecule has 0 saturated heterocycles. The van der Waals surface area contributed by atoms with Crippen LogP contribution in [-0.4, -0.2) is 23.0 Å². The summed E-state index contributed by atoms with van der Waals surface area (Å²) in [6.45, 7) is 0. The van der Waals surface area contributed by atoms with Crippen molar-refractivity contribution in [3.05, 3.63) is 77.3 Å². The van der Waals surface area contributed by atoms with Gasteiger partial charge in [0.15, 0.2) is 0 Å². The highest BCUT2D eigenvalue weighted by atomic mass is 35.5. The Bertz CT molecular complexity index is 1250. The van der Waals surface area contributed by atoms with Gasteiger partial charge in [-0.3, -0.25) is 4.79 Å². The Morgan fingerprint density at radius 3 is 2.24 bits per heavy atom. The topological polar surface area (TPSA) is 55.0 Å². The van der Waals surface area contributed by atoms with Gasteiger partial charge in [0.25, 0.3) is 0 Å². The first-order valence-corrected chi connectivity index (χ1v) is 11.9. The lowest BCUT2D eigenvalue weighted by Crippen LogP contribution is -2.17. The summed E-state index contributed by atoms with van der Waals surface area (Å²) in [4.78, 5) is 19.6. The third-order valence-electron chi connectivity index (χ3n) is 6.85. The van der Waals surface area contributed by atoms with Crippen molar-refractivity contribution in [3.8, 4) is 22.5 Å². The zero-order valence-corrected chi connectivity index (χ0v) is 19.4. The molecule has 0 aliphatic heterocycles. The molecule has 0 atom stereocenters. The van der Waals surface area contributed by atoms with Crippen molar-refractivity contribution < 1.29 is 9.53 Å². The molecule has 0 radical (unpaired) electrons. The number of nitrogens with one attached hydrogen (secondary N) is 1. The van der Waals surface area contributed by atoms with Crippen molar-refractivity contribution in [2.45, 2.75) is 38.0 Å². The van der Waals surface area contributed by atoms with Crippen LogP contribution >= 0.6 is 11.6 Å². The van der Waals surface area contributed by atoms with Gasteiger partial charge in [0.2, 0.25) is 0 Å². The predicted molar refractivity (Wildman–Crippen MR) is 133 cm³/mol. The summed E-state index contributed by atoms with van der Waals surface area (Å²) in [5.41, 5.74) is 6.69. The minimum absolute atomic E-state index is 0.0847. The molecule has 1 aliphatic rings. The van der Waals surface area contributed by atoms with E-state index in [1.54, 1.807) is 0 Å². The van der Waals surface area contributed by atoms with Crippen molar-refractivity contribution in [3.63, 3.8) is 0 Å². The van der Waals surface area contributed by atoms with Crippen molar-refractivity contribution in [2.75, 3.05) is 7.11 Å². The number of H-pyrrole nitrogens is 1. The summed E-state index contributed by atoms with van der Waals surface area (Å²) in [5, 5.41) is 0.700. The Balaban J connectivity index is 1.25. The minimum Gasteiger partial charge on any atom is -0.469 e. The number of nitrogens with zero attached hydrogens (tertiary/aromatic N) is 1. The normalized spacial score (nSPS) is 18.4. The number of aromatic amines is 1. The smallest absolute Gasteiger partial charge is 0.305 e. The highest BCUT2D eigenvalue weighted by Gasteiger charge is 2.24. The van der Waals surface area contributed by atoms with E-state index in [2.05, 4.69) is 58.5 Å². The van der Waals surface area contributed by atoms with Gasteiger partial charge in [0, 0.05) is 17.0 Å². The average Bonchev–Trinajstić information content (AvgIpc) is 3.28. The van der Waals surface area contributed by atoms with Gasteiger partial charge in [-0.2, -0.15) is 0 Å². The molecule has 1 fully saturated rings. The molecule has 4 nitrogen and oxygen atoms in total. The van der Waals surface area contributed by atoms with E-state index in [1.165, 1.54) is 23.8 Å². The number of benzene rings is 3. The zero-order chi connectivity index (χ0) is 22.8. The Labute approximate surface area is 199 Å². The van der Waals surface area contributed by atoms with Crippen LogP contribution in [0.25, 0.3) is 33.5 Å². The second kappa shape index (κ2) is 9.40. The number of ether oxygens (including phenoxy) is 1. The van der Waals surface area contributed by atoms with Crippen LogP contribution in [0.4, 0.5) is 0 Å². The Morgan fingerprint density at radius 2 is 1.58 bits per heavy atom. The summed E-state index contributed by atoms with van der Waals surface area (Å²) in [6.07, 6.45) is 5.02. The maximum Gasteiger partial charge on any atom is 0.305 e. The highest BCUT2D eigenvalue weighted by molar-refractivity contribution is 6.31. The van der Waals surface area contributed by atoms with Gasteiger partial charge >= 0.3 is 5.97 Å². The quantitative estimate of drug-likeness (QED) is 0.317. The molecule has 1 aromatic heterocycles. The zero-order valence-electron chi connectivity index (χ0n) is 18.7. The van der Waals surface area contributed by atoms with Gasteiger partial charge in [0.05, 0.1) is 18.1 Å². The van der Waals surface area contributed by atoms with Gasteiger partial charge < -0.3 is 9.72 Å². The first-order chi connectivity index (χ1) is 16.1. The molecule has 4 aromatic rings. The van der Waals surface area contributed by atoms with Crippen LogP contribution in [0.1, 0.15) is 43.6 Å². The van der Waals surface area contributed by atoms with Crippen molar-refractivity contribution in [2.24, 2.45) is 5.92 Å². The molecule has 1 heterocycles. The van der Waals surface area contributed by atoms with E-state index in [0.717, 1.165) is 48.1 Å².